The number of carbonyl (C=O) groups excluding carboxylic acids is 1. The maximum absolute atomic E-state index is 12.1. The third-order valence-electron chi connectivity index (χ3n) is 3.77. The molecule has 1 aromatic heterocycles. The zero-order valence-electron chi connectivity index (χ0n) is 10.7. The number of piperazine rings is 1. The predicted molar refractivity (Wildman–Crippen MR) is 67.3 cm³/mol. The molecule has 0 unspecified atom stereocenters. The average molecular weight is 249 g/mol. The number of carbonyl (C=O) groups is 1. The lowest BCUT2D eigenvalue weighted by Gasteiger charge is -2.46. The normalized spacial score (nSPS) is 21.9. The highest BCUT2D eigenvalue weighted by Gasteiger charge is 2.35. The molecule has 1 N–H and O–H groups in total. The first kappa shape index (κ1) is 11.7. The van der Waals surface area contributed by atoms with Gasteiger partial charge in [-0.2, -0.15) is 5.10 Å². The van der Waals surface area contributed by atoms with E-state index in [1.165, 1.54) is 0 Å². The van der Waals surface area contributed by atoms with Crippen molar-refractivity contribution >= 4 is 5.91 Å². The molecule has 6 heteroatoms. The first-order valence-corrected chi connectivity index (χ1v) is 6.47. The van der Waals surface area contributed by atoms with Gasteiger partial charge >= 0.3 is 0 Å². The van der Waals surface area contributed by atoms with Crippen molar-refractivity contribution < 1.29 is 4.79 Å². The standard InChI is InChI=1S/C12H19N5O/c1-15-7-10(6-14-15)12(18)17-8-11(9-17)16-4-2-13-3-5-16/h6-7,11,13H,2-5,8-9H2,1H3. The molecular formula is C12H19N5O. The molecule has 0 aromatic carbocycles. The van der Waals surface area contributed by atoms with Crippen LogP contribution >= 0.6 is 0 Å². The second kappa shape index (κ2) is 4.70. The Bertz CT molecular complexity index is 431. The maximum atomic E-state index is 12.1. The molecule has 18 heavy (non-hydrogen) atoms. The van der Waals surface area contributed by atoms with Crippen LogP contribution in [0.5, 0.6) is 0 Å². The van der Waals surface area contributed by atoms with Crippen LogP contribution < -0.4 is 5.32 Å². The fourth-order valence-electron chi connectivity index (χ4n) is 2.61. The van der Waals surface area contributed by atoms with E-state index >= 15 is 0 Å². The Labute approximate surface area is 107 Å². The van der Waals surface area contributed by atoms with Gasteiger partial charge < -0.3 is 10.2 Å². The lowest BCUT2D eigenvalue weighted by Crippen LogP contribution is -2.63. The van der Waals surface area contributed by atoms with E-state index in [0.717, 1.165) is 39.3 Å². The van der Waals surface area contributed by atoms with Gasteiger partial charge in [-0.3, -0.25) is 14.4 Å². The molecule has 0 atom stereocenters. The van der Waals surface area contributed by atoms with Crippen LogP contribution in [0.2, 0.25) is 0 Å². The summed E-state index contributed by atoms with van der Waals surface area (Å²) in [6.45, 7) is 6.03. The fourth-order valence-corrected chi connectivity index (χ4v) is 2.61. The summed E-state index contributed by atoms with van der Waals surface area (Å²) in [6.07, 6.45) is 3.42. The molecular weight excluding hydrogens is 230 g/mol. The summed E-state index contributed by atoms with van der Waals surface area (Å²) in [7, 11) is 1.83. The highest BCUT2D eigenvalue weighted by atomic mass is 16.2. The third kappa shape index (κ3) is 2.13. The number of hydrogen-bond donors (Lipinski definition) is 1. The van der Waals surface area contributed by atoms with Crippen LogP contribution in [-0.2, 0) is 7.05 Å². The Morgan fingerprint density at radius 1 is 1.39 bits per heavy atom. The van der Waals surface area contributed by atoms with E-state index in [-0.39, 0.29) is 5.91 Å². The van der Waals surface area contributed by atoms with Gasteiger partial charge in [-0.1, -0.05) is 0 Å². The Balaban J connectivity index is 1.53. The van der Waals surface area contributed by atoms with Gasteiger partial charge in [0, 0.05) is 58.6 Å². The van der Waals surface area contributed by atoms with Crippen LogP contribution in [0.4, 0.5) is 0 Å². The van der Waals surface area contributed by atoms with Gasteiger partial charge in [0.1, 0.15) is 0 Å². The molecule has 0 radical (unpaired) electrons. The molecule has 0 spiro atoms. The number of amides is 1. The summed E-state index contributed by atoms with van der Waals surface area (Å²) in [5.41, 5.74) is 0.691. The molecule has 3 heterocycles. The Morgan fingerprint density at radius 3 is 2.72 bits per heavy atom. The molecule has 0 bridgehead atoms. The minimum atomic E-state index is 0.106. The molecule has 2 aliphatic rings. The van der Waals surface area contributed by atoms with E-state index < -0.39 is 0 Å². The molecule has 1 amide bonds. The van der Waals surface area contributed by atoms with Gasteiger partial charge in [0.05, 0.1) is 11.8 Å². The van der Waals surface area contributed by atoms with Crippen molar-refractivity contribution in [2.45, 2.75) is 6.04 Å². The summed E-state index contributed by atoms with van der Waals surface area (Å²) < 4.78 is 1.67. The van der Waals surface area contributed by atoms with Gasteiger partial charge in [0.2, 0.25) is 0 Å². The smallest absolute Gasteiger partial charge is 0.257 e. The third-order valence-corrected chi connectivity index (χ3v) is 3.77. The van der Waals surface area contributed by atoms with E-state index in [1.54, 1.807) is 17.1 Å². The van der Waals surface area contributed by atoms with Crippen molar-refractivity contribution in [3.63, 3.8) is 0 Å². The van der Waals surface area contributed by atoms with Crippen molar-refractivity contribution in [3.05, 3.63) is 18.0 Å². The van der Waals surface area contributed by atoms with Crippen LogP contribution in [0.3, 0.4) is 0 Å². The second-order valence-corrected chi connectivity index (χ2v) is 5.05. The molecule has 3 rings (SSSR count). The zero-order valence-corrected chi connectivity index (χ0v) is 10.7. The van der Waals surface area contributed by atoms with E-state index in [1.807, 2.05) is 11.9 Å². The van der Waals surface area contributed by atoms with Gasteiger partial charge in [-0.05, 0) is 0 Å². The highest BCUT2D eigenvalue weighted by molar-refractivity contribution is 5.94. The highest BCUT2D eigenvalue weighted by Crippen LogP contribution is 2.18. The molecule has 0 aliphatic carbocycles. The summed E-state index contributed by atoms with van der Waals surface area (Å²) in [5, 5.41) is 7.38. The summed E-state index contributed by atoms with van der Waals surface area (Å²) in [4.78, 5) is 16.5. The zero-order chi connectivity index (χ0) is 12.5. The first-order chi connectivity index (χ1) is 8.74. The van der Waals surface area contributed by atoms with Crippen molar-refractivity contribution in [1.82, 2.24) is 24.9 Å². The quantitative estimate of drug-likeness (QED) is 0.742. The van der Waals surface area contributed by atoms with E-state index in [4.69, 9.17) is 0 Å². The van der Waals surface area contributed by atoms with Gasteiger partial charge in [-0.25, -0.2) is 0 Å². The number of nitrogens with one attached hydrogen (secondary N) is 1. The number of likely N-dealkylation sites (tertiary alicyclic amines) is 1. The van der Waals surface area contributed by atoms with Crippen molar-refractivity contribution in [3.8, 4) is 0 Å². The van der Waals surface area contributed by atoms with Crippen molar-refractivity contribution in [1.29, 1.82) is 0 Å². The molecule has 6 nitrogen and oxygen atoms in total. The van der Waals surface area contributed by atoms with Crippen LogP contribution in [0.15, 0.2) is 12.4 Å². The van der Waals surface area contributed by atoms with Crippen LogP contribution in [0.25, 0.3) is 0 Å². The van der Waals surface area contributed by atoms with Gasteiger partial charge in [0.25, 0.3) is 5.91 Å². The van der Waals surface area contributed by atoms with Crippen LogP contribution in [-0.4, -0.2) is 70.8 Å². The van der Waals surface area contributed by atoms with Crippen LogP contribution in [0, 0.1) is 0 Å². The minimum absolute atomic E-state index is 0.106. The van der Waals surface area contributed by atoms with E-state index in [0.29, 0.717) is 11.6 Å². The summed E-state index contributed by atoms with van der Waals surface area (Å²) in [5.74, 6) is 0.106. The first-order valence-electron chi connectivity index (χ1n) is 6.47. The average Bonchev–Trinajstić information content (AvgIpc) is 2.75. The molecule has 2 saturated heterocycles. The topological polar surface area (TPSA) is 53.4 Å². The molecule has 1 aromatic rings. The summed E-state index contributed by atoms with van der Waals surface area (Å²) in [6, 6.07) is 0.549. The van der Waals surface area contributed by atoms with Crippen LogP contribution in [0.1, 0.15) is 10.4 Å². The molecule has 0 saturated carbocycles. The largest absolute Gasteiger partial charge is 0.335 e. The number of nitrogens with zero attached hydrogens (tertiary/aromatic N) is 4. The molecule has 2 fully saturated rings. The van der Waals surface area contributed by atoms with Gasteiger partial charge in [0.15, 0.2) is 0 Å². The number of rotatable bonds is 2. The van der Waals surface area contributed by atoms with E-state index in [9.17, 15) is 4.79 Å². The Kier molecular flexibility index (Phi) is 3.05. The van der Waals surface area contributed by atoms with Crippen molar-refractivity contribution in [2.75, 3.05) is 39.3 Å². The number of aromatic nitrogens is 2. The lowest BCUT2D eigenvalue weighted by atomic mass is 10.1. The maximum Gasteiger partial charge on any atom is 0.257 e. The van der Waals surface area contributed by atoms with E-state index in [2.05, 4.69) is 15.3 Å². The molecule has 98 valence electrons. The monoisotopic (exact) mass is 249 g/mol. The van der Waals surface area contributed by atoms with Gasteiger partial charge in [-0.15, -0.1) is 0 Å². The number of aryl methyl sites for hydroxylation is 1. The SMILES string of the molecule is Cn1cc(C(=O)N2CC(N3CCNCC3)C2)cn1. The minimum Gasteiger partial charge on any atom is -0.335 e. The Morgan fingerprint density at radius 2 is 2.11 bits per heavy atom. The lowest BCUT2D eigenvalue weighted by molar-refractivity contribution is 0.0227. The molecule has 2 aliphatic heterocycles. The number of hydrogen-bond acceptors (Lipinski definition) is 4. The predicted octanol–water partition coefficient (Wildman–Crippen LogP) is -0.850. The van der Waals surface area contributed by atoms with Crippen molar-refractivity contribution in [2.24, 2.45) is 7.05 Å². The fraction of sp³-hybridized carbons (Fsp3) is 0.667. The summed E-state index contributed by atoms with van der Waals surface area (Å²) >= 11 is 0. The second-order valence-electron chi connectivity index (χ2n) is 5.05. The Hall–Kier alpha value is -1.40.